The van der Waals surface area contributed by atoms with Crippen molar-refractivity contribution in [3.05, 3.63) is 42.1 Å². The Morgan fingerprint density at radius 1 is 1.41 bits per heavy atom. The Balaban J connectivity index is 1.56. The van der Waals surface area contributed by atoms with Gasteiger partial charge in [-0.3, -0.25) is 0 Å². The number of nitrogens with zero attached hydrogens (tertiary/aromatic N) is 2. The van der Waals surface area contributed by atoms with Gasteiger partial charge >= 0.3 is 6.03 Å². The molecule has 22 heavy (non-hydrogen) atoms. The number of rotatable bonds is 4. The van der Waals surface area contributed by atoms with E-state index in [4.69, 9.17) is 4.52 Å². The molecule has 0 spiro atoms. The van der Waals surface area contributed by atoms with Crippen LogP contribution < -0.4 is 5.32 Å². The van der Waals surface area contributed by atoms with E-state index < -0.39 is 0 Å². The highest BCUT2D eigenvalue weighted by Gasteiger charge is 2.33. The van der Waals surface area contributed by atoms with Gasteiger partial charge in [0, 0.05) is 24.2 Å². The first kappa shape index (κ1) is 14.6. The summed E-state index contributed by atoms with van der Waals surface area (Å²) in [4.78, 5) is 14.0. The molecule has 2 heterocycles. The topological polar surface area (TPSA) is 58.4 Å². The summed E-state index contributed by atoms with van der Waals surface area (Å²) in [5.74, 6) is 1.21. The molecule has 0 saturated carbocycles. The van der Waals surface area contributed by atoms with E-state index in [-0.39, 0.29) is 6.03 Å². The minimum absolute atomic E-state index is 0.0192. The predicted molar refractivity (Wildman–Crippen MR) is 84.1 cm³/mol. The second kappa shape index (κ2) is 6.22. The number of nitrogens with one attached hydrogen (secondary N) is 1. The zero-order valence-electron chi connectivity index (χ0n) is 13.0. The summed E-state index contributed by atoms with van der Waals surface area (Å²) in [6.07, 6.45) is 1.09. The van der Waals surface area contributed by atoms with E-state index in [2.05, 4.69) is 24.3 Å². The number of amides is 2. The Bertz CT molecular complexity index is 636. The standard InChI is InChI=1S/C17H21N3O2/c1-12(2)15-8-9-20(15)17(21)18-11-14-10-16(22-19-14)13-6-4-3-5-7-13/h3-7,10,12,15H,8-9,11H2,1-2H3,(H,18,21). The van der Waals surface area contributed by atoms with E-state index in [1.54, 1.807) is 0 Å². The van der Waals surface area contributed by atoms with Crippen LogP contribution in [0.25, 0.3) is 11.3 Å². The maximum atomic E-state index is 12.1. The van der Waals surface area contributed by atoms with E-state index in [1.807, 2.05) is 41.3 Å². The summed E-state index contributed by atoms with van der Waals surface area (Å²) < 4.78 is 5.33. The van der Waals surface area contributed by atoms with E-state index in [0.717, 1.165) is 24.2 Å². The lowest BCUT2D eigenvalue weighted by Crippen LogP contribution is -2.56. The fourth-order valence-corrected chi connectivity index (χ4v) is 2.75. The average Bonchev–Trinajstić information content (AvgIpc) is 2.93. The van der Waals surface area contributed by atoms with Crippen LogP contribution >= 0.6 is 0 Å². The Kier molecular flexibility index (Phi) is 4.13. The molecule has 1 fully saturated rings. The lowest BCUT2D eigenvalue weighted by Gasteiger charge is -2.43. The molecule has 2 aromatic rings. The van der Waals surface area contributed by atoms with Crippen LogP contribution in [-0.2, 0) is 6.54 Å². The molecule has 1 aromatic heterocycles. The van der Waals surface area contributed by atoms with Gasteiger partial charge in [0.2, 0.25) is 0 Å². The summed E-state index contributed by atoms with van der Waals surface area (Å²) in [5, 5.41) is 6.93. The van der Waals surface area contributed by atoms with Crippen LogP contribution in [0.4, 0.5) is 4.79 Å². The van der Waals surface area contributed by atoms with E-state index in [1.165, 1.54) is 0 Å². The second-order valence-electron chi connectivity index (χ2n) is 6.00. The first-order valence-corrected chi connectivity index (χ1v) is 7.70. The van der Waals surface area contributed by atoms with Gasteiger partial charge in [-0.15, -0.1) is 0 Å². The van der Waals surface area contributed by atoms with Gasteiger partial charge in [-0.05, 0) is 12.3 Å². The summed E-state index contributed by atoms with van der Waals surface area (Å²) >= 11 is 0. The number of benzene rings is 1. The van der Waals surface area contributed by atoms with Gasteiger partial charge < -0.3 is 14.7 Å². The second-order valence-corrected chi connectivity index (χ2v) is 6.00. The molecule has 0 radical (unpaired) electrons. The van der Waals surface area contributed by atoms with Crippen LogP contribution in [0.3, 0.4) is 0 Å². The quantitative estimate of drug-likeness (QED) is 0.942. The van der Waals surface area contributed by atoms with Crippen molar-refractivity contribution in [1.82, 2.24) is 15.4 Å². The SMILES string of the molecule is CC(C)C1CCN1C(=O)NCc1cc(-c2ccccc2)on1. The van der Waals surface area contributed by atoms with Gasteiger partial charge in [-0.1, -0.05) is 49.3 Å². The molecule has 1 unspecified atom stereocenters. The molecule has 0 bridgehead atoms. The number of carbonyl (C=O) groups excluding carboxylic acids is 1. The van der Waals surface area contributed by atoms with Crippen molar-refractivity contribution < 1.29 is 9.32 Å². The number of hydrogen-bond donors (Lipinski definition) is 1. The van der Waals surface area contributed by atoms with E-state index >= 15 is 0 Å². The van der Waals surface area contributed by atoms with Crippen LogP contribution in [0.1, 0.15) is 26.0 Å². The summed E-state index contributed by atoms with van der Waals surface area (Å²) in [6.45, 7) is 5.51. The Hall–Kier alpha value is -2.30. The first-order valence-electron chi connectivity index (χ1n) is 7.70. The Labute approximate surface area is 130 Å². The van der Waals surface area contributed by atoms with Crippen LogP contribution in [0.5, 0.6) is 0 Å². The van der Waals surface area contributed by atoms with Crippen LogP contribution in [0.2, 0.25) is 0 Å². The summed E-state index contributed by atoms with van der Waals surface area (Å²) in [6, 6.07) is 12.0. The number of hydrogen-bond acceptors (Lipinski definition) is 3. The predicted octanol–water partition coefficient (Wildman–Crippen LogP) is 3.28. The fourth-order valence-electron chi connectivity index (χ4n) is 2.75. The number of aromatic nitrogens is 1. The molecule has 1 N–H and O–H groups in total. The highest BCUT2D eigenvalue weighted by Crippen LogP contribution is 2.24. The van der Waals surface area contributed by atoms with Gasteiger partial charge in [0.05, 0.1) is 6.54 Å². The Morgan fingerprint density at radius 3 is 2.82 bits per heavy atom. The highest BCUT2D eigenvalue weighted by molar-refractivity contribution is 5.75. The molecule has 1 aromatic carbocycles. The normalized spacial score (nSPS) is 17.4. The summed E-state index contributed by atoms with van der Waals surface area (Å²) in [5.41, 5.74) is 1.71. The largest absolute Gasteiger partial charge is 0.356 e. The molecule has 1 aliphatic rings. The average molecular weight is 299 g/mol. The monoisotopic (exact) mass is 299 g/mol. The van der Waals surface area contributed by atoms with Gasteiger partial charge in [0.25, 0.3) is 0 Å². The maximum Gasteiger partial charge on any atom is 0.317 e. The summed E-state index contributed by atoms with van der Waals surface area (Å²) in [7, 11) is 0. The number of urea groups is 1. The molecule has 0 aliphatic carbocycles. The molecule has 116 valence electrons. The first-order chi connectivity index (χ1) is 10.6. The van der Waals surface area contributed by atoms with Crippen molar-refractivity contribution in [3.8, 4) is 11.3 Å². The zero-order valence-corrected chi connectivity index (χ0v) is 13.0. The van der Waals surface area contributed by atoms with E-state index in [9.17, 15) is 4.79 Å². The van der Waals surface area contributed by atoms with Crippen molar-refractivity contribution in [2.24, 2.45) is 5.92 Å². The van der Waals surface area contributed by atoms with Crippen molar-refractivity contribution in [2.45, 2.75) is 32.9 Å². The molecule has 2 amide bonds. The van der Waals surface area contributed by atoms with Crippen LogP contribution in [0, 0.1) is 5.92 Å². The third-order valence-corrected chi connectivity index (χ3v) is 4.13. The van der Waals surface area contributed by atoms with E-state index in [0.29, 0.717) is 24.3 Å². The molecule has 3 rings (SSSR count). The smallest absolute Gasteiger partial charge is 0.317 e. The zero-order chi connectivity index (χ0) is 15.5. The van der Waals surface area contributed by atoms with Gasteiger partial charge in [-0.25, -0.2) is 4.79 Å². The van der Waals surface area contributed by atoms with Crippen LogP contribution in [-0.4, -0.2) is 28.7 Å². The third kappa shape index (κ3) is 2.98. The van der Waals surface area contributed by atoms with Gasteiger partial charge in [0.1, 0.15) is 5.69 Å². The van der Waals surface area contributed by atoms with Gasteiger partial charge in [0.15, 0.2) is 5.76 Å². The fraction of sp³-hybridized carbons (Fsp3) is 0.412. The van der Waals surface area contributed by atoms with Crippen molar-refractivity contribution >= 4 is 6.03 Å². The molecule has 1 atom stereocenters. The van der Waals surface area contributed by atoms with Crippen molar-refractivity contribution in [3.63, 3.8) is 0 Å². The third-order valence-electron chi connectivity index (χ3n) is 4.13. The molecule has 5 heteroatoms. The lowest BCUT2D eigenvalue weighted by molar-refractivity contribution is 0.0859. The molecule has 1 saturated heterocycles. The minimum Gasteiger partial charge on any atom is -0.356 e. The highest BCUT2D eigenvalue weighted by atomic mass is 16.5. The molecule has 1 aliphatic heterocycles. The number of likely N-dealkylation sites (tertiary alicyclic amines) is 1. The van der Waals surface area contributed by atoms with Crippen molar-refractivity contribution in [2.75, 3.05) is 6.54 Å². The molecule has 5 nitrogen and oxygen atoms in total. The van der Waals surface area contributed by atoms with Crippen molar-refractivity contribution in [1.29, 1.82) is 0 Å². The molecular weight excluding hydrogens is 278 g/mol. The van der Waals surface area contributed by atoms with Gasteiger partial charge in [-0.2, -0.15) is 0 Å². The molecular formula is C17H21N3O2. The lowest BCUT2D eigenvalue weighted by atomic mass is 9.92. The maximum absolute atomic E-state index is 12.1. The Morgan fingerprint density at radius 2 is 2.18 bits per heavy atom. The number of carbonyl (C=O) groups is 1. The van der Waals surface area contributed by atoms with Crippen LogP contribution in [0.15, 0.2) is 40.9 Å². The minimum atomic E-state index is -0.0192.